The maximum Gasteiger partial charge on any atom is 0.234 e. The van der Waals surface area contributed by atoms with Gasteiger partial charge >= 0.3 is 0 Å². The molecule has 1 aliphatic carbocycles. The van der Waals surface area contributed by atoms with E-state index in [2.05, 4.69) is 37.1 Å². The Kier molecular flexibility index (Phi) is 6.30. The largest absolute Gasteiger partial charge is 0.355 e. The number of carbonyl (C=O) groups excluding carboxylic acids is 1. The lowest BCUT2D eigenvalue weighted by molar-refractivity contribution is -0.123. The monoisotopic (exact) mass is 265 g/mol. The van der Waals surface area contributed by atoms with E-state index in [1.165, 1.54) is 0 Å². The molecule has 4 nitrogen and oxygen atoms in total. The number of nitriles is 1. The summed E-state index contributed by atoms with van der Waals surface area (Å²) in [6.45, 7) is 7.50. The number of nitrogens with one attached hydrogen (secondary N) is 1. The highest BCUT2D eigenvalue weighted by Crippen LogP contribution is 2.31. The molecule has 0 bridgehead atoms. The lowest BCUT2D eigenvalue weighted by atomic mass is 9.79. The summed E-state index contributed by atoms with van der Waals surface area (Å²) in [6, 6.07) is 2.63. The standard InChI is InChI=1S/C15H27N3O/c1-11(2)9-17-15(19)10-18(4)14-7-12(3)5-6-13(14)8-16/h11-14H,5-7,9-10H2,1-4H3,(H,17,19). The van der Waals surface area contributed by atoms with Crippen LogP contribution in [0.4, 0.5) is 0 Å². The first kappa shape index (κ1) is 16.0. The highest BCUT2D eigenvalue weighted by Gasteiger charge is 2.32. The molecule has 0 aromatic heterocycles. The van der Waals surface area contributed by atoms with E-state index in [-0.39, 0.29) is 17.9 Å². The smallest absolute Gasteiger partial charge is 0.234 e. The second-order valence-corrected chi connectivity index (χ2v) is 6.33. The van der Waals surface area contributed by atoms with Crippen LogP contribution in [0.25, 0.3) is 0 Å². The van der Waals surface area contributed by atoms with Crippen molar-refractivity contribution in [1.29, 1.82) is 5.26 Å². The molecule has 19 heavy (non-hydrogen) atoms. The van der Waals surface area contributed by atoms with Crippen molar-refractivity contribution in [3.05, 3.63) is 0 Å². The van der Waals surface area contributed by atoms with Gasteiger partial charge in [0.2, 0.25) is 5.91 Å². The Hall–Kier alpha value is -1.08. The number of rotatable bonds is 5. The molecule has 0 heterocycles. The normalized spacial score (nSPS) is 27.3. The highest BCUT2D eigenvalue weighted by atomic mass is 16.2. The molecule has 0 aliphatic heterocycles. The van der Waals surface area contributed by atoms with Gasteiger partial charge in [0.1, 0.15) is 0 Å². The van der Waals surface area contributed by atoms with Gasteiger partial charge in [0.05, 0.1) is 18.5 Å². The van der Waals surface area contributed by atoms with Gasteiger partial charge in [-0.25, -0.2) is 0 Å². The van der Waals surface area contributed by atoms with Gasteiger partial charge in [-0.1, -0.05) is 20.8 Å². The van der Waals surface area contributed by atoms with Crippen LogP contribution in [0.3, 0.4) is 0 Å². The van der Waals surface area contributed by atoms with E-state index in [1.54, 1.807) is 0 Å². The number of likely N-dealkylation sites (N-methyl/N-ethyl adjacent to an activating group) is 1. The molecule has 1 rings (SSSR count). The van der Waals surface area contributed by atoms with Crippen molar-refractivity contribution in [3.8, 4) is 6.07 Å². The summed E-state index contributed by atoms with van der Waals surface area (Å²) < 4.78 is 0. The Morgan fingerprint density at radius 3 is 2.74 bits per heavy atom. The van der Waals surface area contributed by atoms with Gasteiger partial charge in [0.25, 0.3) is 0 Å². The van der Waals surface area contributed by atoms with E-state index in [0.29, 0.717) is 18.4 Å². The molecule has 4 heteroatoms. The van der Waals surface area contributed by atoms with Crippen LogP contribution in [-0.4, -0.2) is 37.0 Å². The number of amides is 1. The molecular weight excluding hydrogens is 238 g/mol. The maximum absolute atomic E-state index is 11.8. The topological polar surface area (TPSA) is 56.1 Å². The predicted molar refractivity (Wildman–Crippen MR) is 76.4 cm³/mol. The van der Waals surface area contributed by atoms with Crippen LogP contribution in [-0.2, 0) is 4.79 Å². The summed E-state index contributed by atoms with van der Waals surface area (Å²) >= 11 is 0. The summed E-state index contributed by atoms with van der Waals surface area (Å²) in [5, 5.41) is 12.2. The summed E-state index contributed by atoms with van der Waals surface area (Å²) in [7, 11) is 1.96. The molecule has 1 aliphatic rings. The molecular formula is C15H27N3O. The molecule has 108 valence electrons. The molecule has 0 radical (unpaired) electrons. The van der Waals surface area contributed by atoms with Crippen molar-refractivity contribution in [2.24, 2.45) is 17.8 Å². The van der Waals surface area contributed by atoms with Gasteiger partial charge in [0, 0.05) is 12.6 Å². The number of hydrogen-bond donors (Lipinski definition) is 1. The van der Waals surface area contributed by atoms with Crippen molar-refractivity contribution >= 4 is 5.91 Å². The van der Waals surface area contributed by atoms with Crippen LogP contribution in [0.15, 0.2) is 0 Å². The van der Waals surface area contributed by atoms with Crippen LogP contribution in [0.1, 0.15) is 40.0 Å². The predicted octanol–water partition coefficient (Wildman–Crippen LogP) is 2.02. The van der Waals surface area contributed by atoms with Crippen molar-refractivity contribution in [2.75, 3.05) is 20.1 Å². The van der Waals surface area contributed by atoms with Gasteiger partial charge in [0.15, 0.2) is 0 Å². The minimum absolute atomic E-state index is 0.0612. The first-order valence-corrected chi connectivity index (χ1v) is 7.30. The fourth-order valence-electron chi connectivity index (χ4n) is 2.71. The van der Waals surface area contributed by atoms with E-state index in [0.717, 1.165) is 25.8 Å². The third-order valence-corrected chi connectivity index (χ3v) is 3.91. The molecule has 3 atom stereocenters. The molecule has 1 amide bonds. The van der Waals surface area contributed by atoms with Crippen molar-refractivity contribution < 1.29 is 4.79 Å². The summed E-state index contributed by atoms with van der Waals surface area (Å²) in [5.74, 6) is 1.25. The SMILES string of the molecule is CC(C)CNC(=O)CN(C)C1CC(C)CCC1C#N. The summed E-state index contributed by atoms with van der Waals surface area (Å²) in [6.07, 6.45) is 3.11. The third-order valence-electron chi connectivity index (χ3n) is 3.91. The lowest BCUT2D eigenvalue weighted by Gasteiger charge is -2.37. The first-order chi connectivity index (χ1) is 8.93. The zero-order chi connectivity index (χ0) is 14.4. The summed E-state index contributed by atoms with van der Waals surface area (Å²) in [4.78, 5) is 13.9. The molecule has 1 N–H and O–H groups in total. The third kappa shape index (κ3) is 5.20. The van der Waals surface area contributed by atoms with Crippen LogP contribution < -0.4 is 5.32 Å². The van der Waals surface area contributed by atoms with Gasteiger partial charge in [-0.2, -0.15) is 5.26 Å². The highest BCUT2D eigenvalue weighted by molar-refractivity contribution is 5.78. The Morgan fingerprint density at radius 2 is 2.16 bits per heavy atom. The van der Waals surface area contributed by atoms with E-state index in [4.69, 9.17) is 0 Å². The minimum Gasteiger partial charge on any atom is -0.355 e. The lowest BCUT2D eigenvalue weighted by Crippen LogP contribution is -2.46. The summed E-state index contributed by atoms with van der Waals surface area (Å²) in [5.41, 5.74) is 0. The molecule has 0 saturated heterocycles. The second kappa shape index (κ2) is 7.49. The number of hydrogen-bond acceptors (Lipinski definition) is 3. The van der Waals surface area contributed by atoms with E-state index >= 15 is 0 Å². The van der Waals surface area contributed by atoms with Crippen LogP contribution in [0.2, 0.25) is 0 Å². The van der Waals surface area contributed by atoms with E-state index < -0.39 is 0 Å². The molecule has 0 aromatic rings. The van der Waals surface area contributed by atoms with Gasteiger partial charge in [-0.3, -0.25) is 9.69 Å². The first-order valence-electron chi connectivity index (χ1n) is 7.30. The van der Waals surface area contributed by atoms with Crippen molar-refractivity contribution in [3.63, 3.8) is 0 Å². The van der Waals surface area contributed by atoms with Crippen molar-refractivity contribution in [2.45, 2.75) is 46.1 Å². The quantitative estimate of drug-likeness (QED) is 0.827. The van der Waals surface area contributed by atoms with Crippen LogP contribution >= 0.6 is 0 Å². The fourth-order valence-corrected chi connectivity index (χ4v) is 2.71. The second-order valence-electron chi connectivity index (χ2n) is 6.33. The molecule has 0 spiro atoms. The molecule has 1 fully saturated rings. The zero-order valence-corrected chi connectivity index (χ0v) is 12.6. The minimum atomic E-state index is 0.0612. The Balaban J connectivity index is 2.48. The Labute approximate surface area is 117 Å². The van der Waals surface area contributed by atoms with Gasteiger partial charge in [-0.05, 0) is 38.1 Å². The maximum atomic E-state index is 11.8. The number of nitrogens with zero attached hydrogens (tertiary/aromatic N) is 2. The fraction of sp³-hybridized carbons (Fsp3) is 0.867. The zero-order valence-electron chi connectivity index (χ0n) is 12.6. The van der Waals surface area contributed by atoms with Crippen LogP contribution in [0.5, 0.6) is 0 Å². The Morgan fingerprint density at radius 1 is 1.47 bits per heavy atom. The molecule has 3 unspecified atom stereocenters. The Bertz CT molecular complexity index is 335. The van der Waals surface area contributed by atoms with Crippen LogP contribution in [0, 0.1) is 29.1 Å². The van der Waals surface area contributed by atoms with E-state index in [1.807, 2.05) is 7.05 Å². The van der Waals surface area contributed by atoms with Crippen molar-refractivity contribution in [1.82, 2.24) is 10.2 Å². The average Bonchev–Trinajstić information content (AvgIpc) is 2.36. The molecule has 0 aromatic carbocycles. The van der Waals surface area contributed by atoms with Gasteiger partial charge in [-0.15, -0.1) is 0 Å². The average molecular weight is 265 g/mol. The molecule has 1 saturated carbocycles. The van der Waals surface area contributed by atoms with Gasteiger partial charge < -0.3 is 5.32 Å². The number of carbonyl (C=O) groups is 1. The van der Waals surface area contributed by atoms with E-state index in [9.17, 15) is 10.1 Å².